The lowest BCUT2D eigenvalue weighted by Gasteiger charge is -2.15. The minimum absolute atomic E-state index is 0.0163. The van der Waals surface area contributed by atoms with Crippen LogP contribution in [-0.2, 0) is 6.42 Å². The minimum atomic E-state index is -0.495. The Morgan fingerprint density at radius 2 is 1.96 bits per heavy atom. The maximum absolute atomic E-state index is 13.4. The van der Waals surface area contributed by atoms with Gasteiger partial charge in [0.2, 0.25) is 10.1 Å². The van der Waals surface area contributed by atoms with Gasteiger partial charge in [-0.25, -0.2) is 4.39 Å². The number of fused-ring (bicyclic) bond motifs is 1. The molecule has 2 heterocycles. The van der Waals surface area contributed by atoms with Gasteiger partial charge in [-0.3, -0.25) is 4.79 Å². The lowest BCUT2D eigenvalue weighted by atomic mass is 10.1. The molecule has 2 aromatic carbocycles. The van der Waals surface area contributed by atoms with E-state index in [0.29, 0.717) is 27.9 Å². The first-order valence-electron chi connectivity index (χ1n) is 8.01. The van der Waals surface area contributed by atoms with Crippen LogP contribution >= 0.6 is 22.9 Å². The van der Waals surface area contributed by atoms with Crippen molar-refractivity contribution in [2.24, 2.45) is 0 Å². The second kappa shape index (κ2) is 7.05. The Balaban J connectivity index is 1.70. The van der Waals surface area contributed by atoms with Crippen molar-refractivity contribution in [1.29, 1.82) is 0 Å². The van der Waals surface area contributed by atoms with Crippen LogP contribution in [0.25, 0.3) is 4.96 Å². The third-order valence-electron chi connectivity index (χ3n) is 4.04. The molecule has 0 unspecified atom stereocenters. The van der Waals surface area contributed by atoms with E-state index in [2.05, 4.69) is 15.3 Å². The van der Waals surface area contributed by atoms with Gasteiger partial charge in [-0.15, -0.1) is 15.3 Å². The van der Waals surface area contributed by atoms with E-state index >= 15 is 0 Å². The molecule has 2 aromatic heterocycles. The van der Waals surface area contributed by atoms with Crippen molar-refractivity contribution in [3.8, 4) is 0 Å². The second-order valence-corrected chi connectivity index (χ2v) is 7.19. The highest BCUT2D eigenvalue weighted by atomic mass is 35.5. The van der Waals surface area contributed by atoms with Crippen molar-refractivity contribution in [3.05, 3.63) is 81.0 Å². The largest absolute Gasteiger partial charge is 0.319 e. The highest BCUT2D eigenvalue weighted by molar-refractivity contribution is 7.20. The number of benzene rings is 2. The van der Waals surface area contributed by atoms with Crippen molar-refractivity contribution in [2.45, 2.75) is 6.42 Å². The SMILES string of the molecule is CN(c1ccc(F)c(Cl)c1)c1nn2c(=O)c(Cc3ccccc3)nnc2s1. The Morgan fingerprint density at radius 1 is 1.19 bits per heavy atom. The smallest absolute Gasteiger partial charge is 0.297 e. The summed E-state index contributed by atoms with van der Waals surface area (Å²) in [5.41, 5.74) is 1.63. The Labute approximate surface area is 162 Å². The summed E-state index contributed by atoms with van der Waals surface area (Å²) in [6, 6.07) is 13.9. The Morgan fingerprint density at radius 3 is 2.70 bits per heavy atom. The minimum Gasteiger partial charge on any atom is -0.319 e. The zero-order chi connectivity index (χ0) is 19.0. The predicted molar refractivity (Wildman–Crippen MR) is 104 cm³/mol. The van der Waals surface area contributed by atoms with E-state index in [-0.39, 0.29) is 10.6 Å². The van der Waals surface area contributed by atoms with E-state index in [4.69, 9.17) is 11.6 Å². The van der Waals surface area contributed by atoms with Crippen LogP contribution in [0.5, 0.6) is 0 Å². The molecule has 9 heteroatoms. The van der Waals surface area contributed by atoms with Crippen molar-refractivity contribution in [3.63, 3.8) is 0 Å². The molecule has 0 saturated carbocycles. The van der Waals surface area contributed by atoms with Crippen molar-refractivity contribution in [1.82, 2.24) is 19.8 Å². The highest BCUT2D eigenvalue weighted by Gasteiger charge is 2.16. The first kappa shape index (κ1) is 17.6. The first-order valence-corrected chi connectivity index (χ1v) is 9.20. The van der Waals surface area contributed by atoms with E-state index < -0.39 is 5.82 Å². The lowest BCUT2D eigenvalue weighted by Crippen LogP contribution is -2.22. The van der Waals surface area contributed by atoms with Crippen LogP contribution in [-0.4, -0.2) is 26.9 Å². The summed E-state index contributed by atoms with van der Waals surface area (Å²) >= 11 is 7.06. The van der Waals surface area contributed by atoms with Crippen LogP contribution in [0.15, 0.2) is 53.3 Å². The van der Waals surface area contributed by atoms with E-state index in [1.54, 1.807) is 18.0 Å². The molecule has 0 aliphatic carbocycles. The molecule has 0 spiro atoms. The number of rotatable bonds is 4. The average molecular weight is 402 g/mol. The average Bonchev–Trinajstić information content (AvgIpc) is 3.12. The quantitative estimate of drug-likeness (QED) is 0.521. The lowest BCUT2D eigenvalue weighted by molar-refractivity contribution is 0.628. The number of hydrogen-bond donors (Lipinski definition) is 0. The molecule has 136 valence electrons. The van der Waals surface area contributed by atoms with Gasteiger partial charge < -0.3 is 4.90 Å². The number of halogens is 2. The Hall–Kier alpha value is -2.84. The van der Waals surface area contributed by atoms with E-state index in [1.165, 1.54) is 28.0 Å². The molecular weight excluding hydrogens is 389 g/mol. The number of anilines is 2. The summed E-state index contributed by atoms with van der Waals surface area (Å²) in [5, 5.41) is 13.1. The van der Waals surface area contributed by atoms with Crippen LogP contribution in [0.1, 0.15) is 11.3 Å². The van der Waals surface area contributed by atoms with Crippen LogP contribution in [0.2, 0.25) is 5.02 Å². The van der Waals surface area contributed by atoms with Gasteiger partial charge in [0, 0.05) is 19.2 Å². The van der Waals surface area contributed by atoms with Crippen molar-refractivity contribution in [2.75, 3.05) is 11.9 Å². The van der Waals surface area contributed by atoms with Gasteiger partial charge in [0.25, 0.3) is 5.56 Å². The van der Waals surface area contributed by atoms with Gasteiger partial charge in [-0.05, 0) is 23.8 Å². The molecule has 0 aliphatic rings. The van der Waals surface area contributed by atoms with Gasteiger partial charge in [-0.2, -0.15) is 4.52 Å². The molecule has 27 heavy (non-hydrogen) atoms. The third kappa shape index (κ3) is 3.41. The van der Waals surface area contributed by atoms with Gasteiger partial charge >= 0.3 is 0 Å². The molecule has 4 rings (SSSR count). The summed E-state index contributed by atoms with van der Waals surface area (Å²) in [4.78, 5) is 14.8. The maximum atomic E-state index is 13.4. The molecule has 0 bridgehead atoms. The molecule has 0 aliphatic heterocycles. The maximum Gasteiger partial charge on any atom is 0.297 e. The van der Waals surface area contributed by atoms with E-state index in [9.17, 15) is 9.18 Å². The molecule has 0 atom stereocenters. The number of nitrogens with zero attached hydrogens (tertiary/aromatic N) is 5. The molecule has 0 saturated heterocycles. The van der Waals surface area contributed by atoms with Crippen LogP contribution < -0.4 is 10.5 Å². The Bertz CT molecular complexity index is 1180. The summed E-state index contributed by atoms with van der Waals surface area (Å²) < 4.78 is 14.6. The highest BCUT2D eigenvalue weighted by Crippen LogP contribution is 2.29. The van der Waals surface area contributed by atoms with E-state index in [0.717, 1.165) is 5.56 Å². The van der Waals surface area contributed by atoms with Crippen molar-refractivity contribution < 1.29 is 4.39 Å². The summed E-state index contributed by atoms with van der Waals surface area (Å²) in [5.74, 6) is -0.495. The Kier molecular flexibility index (Phi) is 4.59. The molecule has 6 nitrogen and oxygen atoms in total. The van der Waals surface area contributed by atoms with Gasteiger partial charge in [-0.1, -0.05) is 53.3 Å². The predicted octanol–water partition coefficient (Wildman–Crippen LogP) is 3.70. The molecule has 0 fully saturated rings. The first-order chi connectivity index (χ1) is 13.0. The fraction of sp³-hybridized carbons (Fsp3) is 0.111. The fourth-order valence-corrected chi connectivity index (χ4v) is 3.57. The number of hydrogen-bond acceptors (Lipinski definition) is 6. The normalized spacial score (nSPS) is 11.1. The zero-order valence-corrected chi connectivity index (χ0v) is 15.7. The van der Waals surface area contributed by atoms with Crippen molar-refractivity contribution >= 4 is 38.7 Å². The number of aromatic nitrogens is 4. The van der Waals surface area contributed by atoms with Gasteiger partial charge in [0.15, 0.2) is 0 Å². The van der Waals surface area contributed by atoms with E-state index in [1.807, 2.05) is 30.3 Å². The third-order valence-corrected chi connectivity index (χ3v) is 5.30. The standard InChI is InChI=1S/C18H13ClFN5OS/c1-24(12-7-8-14(20)13(19)10-12)18-23-25-16(26)15(21-22-17(25)27-18)9-11-5-3-2-4-6-11/h2-8,10H,9H2,1H3. The summed E-state index contributed by atoms with van der Waals surface area (Å²) in [6.45, 7) is 0. The monoisotopic (exact) mass is 401 g/mol. The van der Waals surface area contributed by atoms with Crippen LogP contribution in [0.4, 0.5) is 15.2 Å². The summed E-state index contributed by atoms with van der Waals surface area (Å²) in [6.07, 6.45) is 0.381. The molecule has 4 aromatic rings. The zero-order valence-electron chi connectivity index (χ0n) is 14.1. The summed E-state index contributed by atoms with van der Waals surface area (Å²) in [7, 11) is 1.75. The second-order valence-electron chi connectivity index (χ2n) is 5.85. The van der Waals surface area contributed by atoms with Gasteiger partial charge in [0.05, 0.1) is 5.02 Å². The van der Waals surface area contributed by atoms with Crippen LogP contribution in [0.3, 0.4) is 0 Å². The molecular formula is C18H13ClFN5OS. The molecule has 0 N–H and O–H groups in total. The molecule has 0 radical (unpaired) electrons. The topological polar surface area (TPSA) is 63.4 Å². The fourth-order valence-electron chi connectivity index (χ4n) is 2.58. The van der Waals surface area contributed by atoms with Gasteiger partial charge in [0.1, 0.15) is 11.5 Å². The molecule has 0 amide bonds. The van der Waals surface area contributed by atoms with Crippen LogP contribution in [0, 0.1) is 5.82 Å².